The lowest BCUT2D eigenvalue weighted by Gasteiger charge is -2.26. The van der Waals surface area contributed by atoms with E-state index in [1.165, 1.54) is 24.3 Å². The van der Waals surface area contributed by atoms with E-state index in [9.17, 15) is 21.6 Å². The van der Waals surface area contributed by atoms with Crippen LogP contribution in [0.15, 0.2) is 35.2 Å². The Morgan fingerprint density at radius 1 is 1.21 bits per heavy atom. The molecule has 0 radical (unpaired) electrons. The molecule has 0 aromatic heterocycles. The van der Waals surface area contributed by atoms with E-state index in [0.717, 1.165) is 14.0 Å². The van der Waals surface area contributed by atoms with Crippen molar-refractivity contribution in [3.63, 3.8) is 0 Å². The highest BCUT2D eigenvalue weighted by atomic mass is 35.5. The Labute approximate surface area is 116 Å². The van der Waals surface area contributed by atoms with Gasteiger partial charge < -0.3 is 0 Å². The van der Waals surface area contributed by atoms with Crippen LogP contribution in [0, 0.1) is 0 Å². The van der Waals surface area contributed by atoms with Gasteiger partial charge in [-0.2, -0.15) is 13.2 Å². The third-order valence-electron chi connectivity index (χ3n) is 2.37. The van der Waals surface area contributed by atoms with E-state index in [1.807, 2.05) is 4.83 Å². The first-order chi connectivity index (χ1) is 8.14. The largest absolute Gasteiger partial charge is 0.405 e. The molecule has 4 nitrogen and oxygen atoms in total. The Hall–Kier alpha value is -0.830. The molecule has 0 bridgehead atoms. The fraction of sp³-hybridized carbons (Fsp3) is 0.400. The highest BCUT2D eigenvalue weighted by molar-refractivity contribution is 7.89. The van der Waals surface area contributed by atoms with Crippen molar-refractivity contribution >= 4 is 22.4 Å². The first-order valence-corrected chi connectivity index (χ1v) is 6.50. The van der Waals surface area contributed by atoms with Crippen LogP contribution < -0.4 is 4.83 Å². The second-order valence-electron chi connectivity index (χ2n) is 3.74. The Kier molecular flexibility index (Phi) is 6.27. The van der Waals surface area contributed by atoms with Crippen LogP contribution in [0.25, 0.3) is 0 Å². The summed E-state index contributed by atoms with van der Waals surface area (Å²) in [5, 5.41) is 0.516. The quantitative estimate of drug-likeness (QED) is 0.866. The molecule has 0 aliphatic carbocycles. The molecule has 19 heavy (non-hydrogen) atoms. The lowest BCUT2D eigenvalue weighted by Crippen LogP contribution is -2.50. The summed E-state index contributed by atoms with van der Waals surface area (Å²) in [6, 6.07) is 5.27. The molecular weight excluding hydrogens is 305 g/mol. The van der Waals surface area contributed by atoms with Gasteiger partial charge in [-0.1, -0.05) is 18.2 Å². The summed E-state index contributed by atoms with van der Waals surface area (Å²) in [7, 11) is -2.96. The average molecular weight is 319 g/mol. The number of halogens is 4. The zero-order valence-electron chi connectivity index (χ0n) is 10.2. The fourth-order valence-corrected chi connectivity index (χ4v) is 2.30. The van der Waals surface area contributed by atoms with Gasteiger partial charge in [-0.05, 0) is 19.1 Å². The van der Waals surface area contributed by atoms with Gasteiger partial charge in [0.1, 0.15) is 6.04 Å². The van der Waals surface area contributed by atoms with Gasteiger partial charge in [0, 0.05) is 7.05 Å². The maximum atomic E-state index is 12.4. The van der Waals surface area contributed by atoms with Crippen molar-refractivity contribution in [1.82, 2.24) is 9.84 Å². The molecule has 110 valence electrons. The van der Waals surface area contributed by atoms with Crippen LogP contribution in [-0.2, 0) is 10.0 Å². The second kappa shape index (κ2) is 6.56. The van der Waals surface area contributed by atoms with Gasteiger partial charge in [0.15, 0.2) is 0 Å². The normalized spacial score (nSPS) is 14.0. The topological polar surface area (TPSA) is 49.4 Å². The molecule has 1 aromatic carbocycles. The number of nitrogens with zero attached hydrogens (tertiary/aromatic N) is 1. The van der Waals surface area contributed by atoms with Crippen molar-refractivity contribution < 1.29 is 21.6 Å². The van der Waals surface area contributed by atoms with Crippen LogP contribution in [0.3, 0.4) is 0 Å². The maximum absolute atomic E-state index is 12.4. The zero-order valence-corrected chi connectivity index (χ0v) is 11.8. The first-order valence-electron chi connectivity index (χ1n) is 5.01. The Morgan fingerprint density at radius 2 is 1.68 bits per heavy atom. The number of sulfonamides is 1. The molecule has 0 aliphatic heterocycles. The van der Waals surface area contributed by atoms with Gasteiger partial charge in [0.2, 0.25) is 0 Å². The predicted molar refractivity (Wildman–Crippen MR) is 67.3 cm³/mol. The highest BCUT2D eigenvalue weighted by Gasteiger charge is 2.40. The standard InChI is InChI=1S/C10H13F3N2O2S.ClH/c1-8(10(11,12)13)15(2)14-18(16,17)9-6-4-3-5-7-9;/h3-8,14H,1-2H3;1H. The maximum Gasteiger partial charge on any atom is 0.405 e. The van der Waals surface area contributed by atoms with E-state index in [-0.39, 0.29) is 17.3 Å². The van der Waals surface area contributed by atoms with Crippen molar-refractivity contribution in [2.75, 3.05) is 7.05 Å². The van der Waals surface area contributed by atoms with Crippen molar-refractivity contribution in [1.29, 1.82) is 0 Å². The van der Waals surface area contributed by atoms with Crippen LogP contribution in [0.4, 0.5) is 13.2 Å². The minimum atomic E-state index is -4.51. The van der Waals surface area contributed by atoms with Crippen LogP contribution >= 0.6 is 12.4 Å². The molecule has 1 aromatic rings. The van der Waals surface area contributed by atoms with Crippen LogP contribution in [-0.4, -0.2) is 32.7 Å². The third-order valence-corrected chi connectivity index (χ3v) is 3.79. The summed E-state index contributed by atoms with van der Waals surface area (Å²) < 4.78 is 60.7. The Morgan fingerprint density at radius 3 is 2.11 bits per heavy atom. The molecular formula is C10H14ClF3N2O2S. The van der Waals surface area contributed by atoms with Gasteiger partial charge in [-0.25, -0.2) is 13.4 Å². The number of nitrogens with one attached hydrogen (secondary N) is 1. The molecule has 1 unspecified atom stereocenters. The summed E-state index contributed by atoms with van der Waals surface area (Å²) in [6.45, 7) is 0.869. The minimum absolute atomic E-state index is 0. The summed E-state index contributed by atoms with van der Waals surface area (Å²) in [6.07, 6.45) is -4.51. The van der Waals surface area contributed by atoms with Crippen molar-refractivity contribution in [2.45, 2.75) is 24.0 Å². The fourth-order valence-electron chi connectivity index (χ4n) is 1.14. The summed E-state index contributed by atoms with van der Waals surface area (Å²) in [4.78, 5) is 1.77. The number of hydrogen-bond donors (Lipinski definition) is 1. The monoisotopic (exact) mass is 318 g/mol. The summed E-state index contributed by atoms with van der Waals surface area (Å²) in [5.74, 6) is 0. The summed E-state index contributed by atoms with van der Waals surface area (Å²) >= 11 is 0. The van der Waals surface area contributed by atoms with Gasteiger partial charge >= 0.3 is 6.18 Å². The minimum Gasteiger partial charge on any atom is -0.222 e. The second-order valence-corrected chi connectivity index (χ2v) is 5.40. The number of alkyl halides is 3. The number of rotatable bonds is 4. The average Bonchev–Trinajstić information content (AvgIpc) is 2.27. The molecule has 0 saturated heterocycles. The van der Waals surface area contributed by atoms with E-state index in [1.54, 1.807) is 6.07 Å². The lowest BCUT2D eigenvalue weighted by atomic mass is 10.3. The molecule has 0 amide bonds. The lowest BCUT2D eigenvalue weighted by molar-refractivity contribution is -0.178. The van der Waals surface area contributed by atoms with Crippen LogP contribution in [0.5, 0.6) is 0 Å². The van der Waals surface area contributed by atoms with Gasteiger partial charge in [0.05, 0.1) is 4.90 Å². The predicted octanol–water partition coefficient (Wildman–Crippen LogP) is 2.18. The SMILES string of the molecule is CC(N(C)NS(=O)(=O)c1ccccc1)C(F)(F)F.Cl. The number of hydrogen-bond acceptors (Lipinski definition) is 3. The van der Waals surface area contributed by atoms with E-state index < -0.39 is 22.2 Å². The Bertz CT molecular complexity index is 493. The van der Waals surface area contributed by atoms with E-state index in [0.29, 0.717) is 5.01 Å². The third kappa shape index (κ3) is 4.98. The van der Waals surface area contributed by atoms with E-state index >= 15 is 0 Å². The van der Waals surface area contributed by atoms with Gasteiger partial charge in [0.25, 0.3) is 10.0 Å². The molecule has 0 spiro atoms. The first kappa shape index (κ1) is 18.2. The Balaban J connectivity index is 0.00000324. The number of hydrazine groups is 1. The van der Waals surface area contributed by atoms with Crippen LogP contribution in [0.1, 0.15) is 6.92 Å². The smallest absolute Gasteiger partial charge is 0.222 e. The molecule has 1 rings (SSSR count). The van der Waals surface area contributed by atoms with Crippen LogP contribution in [0.2, 0.25) is 0 Å². The molecule has 9 heteroatoms. The summed E-state index contributed by atoms with van der Waals surface area (Å²) in [5.41, 5.74) is 0. The molecule has 1 atom stereocenters. The molecule has 0 heterocycles. The molecule has 1 N–H and O–H groups in total. The van der Waals surface area contributed by atoms with Gasteiger partial charge in [-0.3, -0.25) is 0 Å². The van der Waals surface area contributed by atoms with Gasteiger partial charge in [-0.15, -0.1) is 17.2 Å². The number of benzene rings is 1. The molecule has 0 aliphatic rings. The van der Waals surface area contributed by atoms with E-state index in [2.05, 4.69) is 0 Å². The molecule has 0 fully saturated rings. The molecule has 0 saturated carbocycles. The van der Waals surface area contributed by atoms with E-state index in [4.69, 9.17) is 0 Å². The van der Waals surface area contributed by atoms with Crippen molar-refractivity contribution in [2.24, 2.45) is 0 Å². The zero-order chi connectivity index (χ0) is 14.0. The van der Waals surface area contributed by atoms with Crippen molar-refractivity contribution in [3.05, 3.63) is 30.3 Å². The van der Waals surface area contributed by atoms with Crippen molar-refractivity contribution in [3.8, 4) is 0 Å². The highest BCUT2D eigenvalue weighted by Crippen LogP contribution is 2.23.